The molecule has 0 saturated carbocycles. The SMILES string of the molecule is COc1ccc(CC(=O)N=C2S[C@H]3CS(=O)(=O)C[C@@H]3N2c2ccccc2)cc1OC. The van der Waals surface area contributed by atoms with Gasteiger partial charge in [-0.1, -0.05) is 36.0 Å². The van der Waals surface area contributed by atoms with Crippen LogP contribution in [-0.2, 0) is 21.1 Å². The van der Waals surface area contributed by atoms with Crippen LogP contribution in [0.1, 0.15) is 5.56 Å². The first-order valence-electron chi connectivity index (χ1n) is 9.44. The summed E-state index contributed by atoms with van der Waals surface area (Å²) in [5.74, 6) is 1.03. The van der Waals surface area contributed by atoms with Gasteiger partial charge in [-0.3, -0.25) is 4.79 Å². The maximum absolute atomic E-state index is 12.7. The summed E-state index contributed by atoms with van der Waals surface area (Å²) in [5.41, 5.74) is 1.60. The van der Waals surface area contributed by atoms with E-state index in [1.807, 2.05) is 35.2 Å². The summed E-state index contributed by atoms with van der Waals surface area (Å²) >= 11 is 1.37. The van der Waals surface area contributed by atoms with Crippen LogP contribution in [0.2, 0.25) is 0 Å². The van der Waals surface area contributed by atoms with Crippen molar-refractivity contribution in [2.75, 3.05) is 30.6 Å². The average molecular weight is 447 g/mol. The molecule has 0 spiro atoms. The zero-order valence-electron chi connectivity index (χ0n) is 16.6. The van der Waals surface area contributed by atoms with E-state index in [0.29, 0.717) is 16.7 Å². The van der Waals surface area contributed by atoms with Gasteiger partial charge < -0.3 is 14.4 Å². The molecule has 158 valence electrons. The number of carbonyl (C=O) groups excluding carboxylic acids is 1. The van der Waals surface area contributed by atoms with E-state index in [1.165, 1.54) is 11.8 Å². The molecule has 0 aliphatic carbocycles. The molecule has 0 N–H and O–H groups in total. The average Bonchev–Trinajstić information content (AvgIpc) is 3.18. The number of aliphatic imine (C=N–C) groups is 1. The van der Waals surface area contributed by atoms with Crippen molar-refractivity contribution in [1.29, 1.82) is 0 Å². The first-order chi connectivity index (χ1) is 14.4. The van der Waals surface area contributed by atoms with E-state index >= 15 is 0 Å². The molecule has 2 atom stereocenters. The van der Waals surface area contributed by atoms with Gasteiger partial charge in [0.15, 0.2) is 26.5 Å². The van der Waals surface area contributed by atoms with Gasteiger partial charge in [-0.05, 0) is 29.8 Å². The Balaban J connectivity index is 1.59. The second-order valence-corrected chi connectivity index (χ2v) is 10.5. The Morgan fingerprint density at radius 2 is 1.83 bits per heavy atom. The zero-order valence-corrected chi connectivity index (χ0v) is 18.3. The van der Waals surface area contributed by atoms with Gasteiger partial charge >= 0.3 is 0 Å². The molecule has 1 amide bonds. The van der Waals surface area contributed by atoms with E-state index in [2.05, 4.69) is 4.99 Å². The Morgan fingerprint density at radius 3 is 2.53 bits per heavy atom. The molecular weight excluding hydrogens is 424 g/mol. The van der Waals surface area contributed by atoms with Crippen molar-refractivity contribution in [3.63, 3.8) is 0 Å². The van der Waals surface area contributed by atoms with Crippen LogP contribution in [0, 0.1) is 0 Å². The topological polar surface area (TPSA) is 85.3 Å². The lowest BCUT2D eigenvalue weighted by Gasteiger charge is -2.24. The fourth-order valence-electron chi connectivity index (χ4n) is 3.77. The van der Waals surface area contributed by atoms with Gasteiger partial charge in [0.05, 0.1) is 38.2 Å². The van der Waals surface area contributed by atoms with Gasteiger partial charge in [0.25, 0.3) is 5.91 Å². The quantitative estimate of drug-likeness (QED) is 0.698. The summed E-state index contributed by atoms with van der Waals surface area (Å²) in [6, 6.07) is 14.6. The number of amidine groups is 1. The van der Waals surface area contributed by atoms with Crippen LogP contribution in [0.4, 0.5) is 5.69 Å². The number of nitrogens with zero attached hydrogens (tertiary/aromatic N) is 2. The minimum absolute atomic E-state index is 0.0719. The molecule has 2 heterocycles. The van der Waals surface area contributed by atoms with Crippen molar-refractivity contribution in [1.82, 2.24) is 0 Å². The minimum atomic E-state index is -3.09. The van der Waals surface area contributed by atoms with Crippen LogP contribution in [0.25, 0.3) is 0 Å². The summed E-state index contributed by atoms with van der Waals surface area (Å²) in [6.07, 6.45) is 0.112. The Kier molecular flexibility index (Phi) is 5.75. The lowest BCUT2D eigenvalue weighted by molar-refractivity contribution is -0.117. The third kappa shape index (κ3) is 4.17. The highest BCUT2D eigenvalue weighted by Gasteiger charge is 2.49. The monoisotopic (exact) mass is 446 g/mol. The van der Waals surface area contributed by atoms with Crippen LogP contribution >= 0.6 is 11.8 Å². The summed E-state index contributed by atoms with van der Waals surface area (Å²) in [5, 5.41) is 0.430. The molecule has 0 bridgehead atoms. The number of para-hydroxylation sites is 1. The number of hydrogen-bond donors (Lipinski definition) is 0. The molecule has 2 aliphatic heterocycles. The number of methoxy groups -OCH3 is 2. The maximum Gasteiger partial charge on any atom is 0.252 e. The minimum Gasteiger partial charge on any atom is -0.493 e. The molecule has 2 fully saturated rings. The fourth-order valence-corrected chi connectivity index (χ4v) is 7.70. The van der Waals surface area contributed by atoms with Crippen LogP contribution in [0.3, 0.4) is 0 Å². The smallest absolute Gasteiger partial charge is 0.252 e. The molecule has 0 unspecified atom stereocenters. The van der Waals surface area contributed by atoms with Crippen molar-refractivity contribution >= 4 is 38.4 Å². The number of sulfone groups is 1. The number of benzene rings is 2. The van der Waals surface area contributed by atoms with E-state index in [1.54, 1.807) is 32.4 Å². The molecule has 2 aromatic rings. The number of anilines is 1. The molecule has 9 heteroatoms. The second-order valence-electron chi connectivity index (χ2n) is 7.16. The fraction of sp³-hybridized carbons (Fsp3) is 0.333. The van der Waals surface area contributed by atoms with Gasteiger partial charge in [-0.25, -0.2) is 8.42 Å². The summed E-state index contributed by atoms with van der Waals surface area (Å²) in [6.45, 7) is 0. The molecule has 2 aromatic carbocycles. The van der Waals surface area contributed by atoms with Crippen LogP contribution < -0.4 is 14.4 Å². The maximum atomic E-state index is 12.7. The van der Waals surface area contributed by atoms with Crippen molar-refractivity contribution in [2.24, 2.45) is 4.99 Å². The number of hydrogen-bond acceptors (Lipinski definition) is 6. The lowest BCUT2D eigenvalue weighted by atomic mass is 10.1. The van der Waals surface area contributed by atoms with Gasteiger partial charge in [0, 0.05) is 10.9 Å². The van der Waals surface area contributed by atoms with E-state index in [0.717, 1.165) is 11.3 Å². The zero-order chi connectivity index (χ0) is 21.3. The Labute approximate surface area is 180 Å². The molecule has 2 saturated heterocycles. The first-order valence-corrected chi connectivity index (χ1v) is 12.1. The third-order valence-electron chi connectivity index (χ3n) is 5.12. The molecule has 0 radical (unpaired) electrons. The van der Waals surface area contributed by atoms with Crippen molar-refractivity contribution < 1.29 is 22.7 Å². The predicted octanol–water partition coefficient (Wildman–Crippen LogP) is 2.55. The molecule has 4 rings (SSSR count). The van der Waals surface area contributed by atoms with Crippen LogP contribution in [0.5, 0.6) is 11.5 Å². The first kappa shape index (κ1) is 20.7. The standard InChI is InChI=1S/C21H22N2O5S2/c1-27-17-9-8-14(10-18(17)28-2)11-20(24)22-21-23(15-6-4-3-5-7-15)16-12-30(25,26)13-19(16)29-21/h3-10,16,19H,11-13H2,1-2H3/t16-,19-/m0/s1. The number of carbonyl (C=O) groups is 1. The van der Waals surface area contributed by atoms with E-state index in [4.69, 9.17) is 9.47 Å². The summed E-state index contributed by atoms with van der Waals surface area (Å²) < 4.78 is 34.8. The van der Waals surface area contributed by atoms with Gasteiger partial charge in [-0.2, -0.15) is 4.99 Å². The Bertz CT molecular complexity index is 1090. The van der Waals surface area contributed by atoms with E-state index < -0.39 is 9.84 Å². The second kappa shape index (κ2) is 8.31. The van der Waals surface area contributed by atoms with Crippen LogP contribution in [-0.4, -0.2) is 56.5 Å². The van der Waals surface area contributed by atoms with Gasteiger partial charge in [-0.15, -0.1) is 0 Å². The van der Waals surface area contributed by atoms with Crippen molar-refractivity contribution in [3.05, 3.63) is 54.1 Å². The van der Waals surface area contributed by atoms with E-state index in [-0.39, 0.29) is 35.1 Å². The third-order valence-corrected chi connectivity index (χ3v) is 8.33. The van der Waals surface area contributed by atoms with Gasteiger partial charge in [0.1, 0.15) is 0 Å². The summed E-state index contributed by atoms with van der Waals surface area (Å²) in [7, 11) is 0.0124. The van der Waals surface area contributed by atoms with E-state index in [9.17, 15) is 13.2 Å². The Hall–Kier alpha value is -2.52. The lowest BCUT2D eigenvalue weighted by Crippen LogP contribution is -2.37. The largest absolute Gasteiger partial charge is 0.493 e. The van der Waals surface area contributed by atoms with Crippen molar-refractivity contribution in [2.45, 2.75) is 17.7 Å². The normalized spacial score (nSPS) is 23.4. The predicted molar refractivity (Wildman–Crippen MR) is 118 cm³/mol. The number of fused-ring (bicyclic) bond motifs is 1. The highest BCUT2D eigenvalue weighted by atomic mass is 32.2. The Morgan fingerprint density at radius 1 is 1.10 bits per heavy atom. The number of ether oxygens (including phenoxy) is 2. The molecule has 2 aliphatic rings. The summed E-state index contributed by atoms with van der Waals surface area (Å²) in [4.78, 5) is 19.0. The van der Waals surface area contributed by atoms with Crippen molar-refractivity contribution in [3.8, 4) is 11.5 Å². The molecule has 0 aromatic heterocycles. The van der Waals surface area contributed by atoms with Crippen LogP contribution in [0.15, 0.2) is 53.5 Å². The molecule has 7 nitrogen and oxygen atoms in total. The number of thioether (sulfide) groups is 1. The molecule has 30 heavy (non-hydrogen) atoms. The number of amides is 1. The highest BCUT2D eigenvalue weighted by molar-refractivity contribution is 8.16. The van der Waals surface area contributed by atoms with Gasteiger partial charge in [0.2, 0.25) is 0 Å². The number of rotatable bonds is 5. The highest BCUT2D eigenvalue weighted by Crippen LogP contribution is 2.41. The molecular formula is C21H22N2O5S2.